The van der Waals surface area contributed by atoms with Crippen LogP contribution in [-0.4, -0.2) is 24.6 Å². The van der Waals surface area contributed by atoms with Crippen LogP contribution in [0.5, 0.6) is 0 Å². The van der Waals surface area contributed by atoms with Gasteiger partial charge in [-0.1, -0.05) is 24.3 Å². The molecule has 4 nitrogen and oxygen atoms in total. The van der Waals surface area contributed by atoms with Crippen molar-refractivity contribution in [3.8, 4) is 0 Å². The third-order valence-corrected chi connectivity index (χ3v) is 2.96. The summed E-state index contributed by atoms with van der Waals surface area (Å²) >= 11 is 0. The van der Waals surface area contributed by atoms with Crippen molar-refractivity contribution in [2.24, 2.45) is 0 Å². The minimum Gasteiger partial charge on any atom is -0.466 e. The number of ether oxygens (including phenoxy) is 1. The molecule has 1 aromatic rings. The van der Waals surface area contributed by atoms with Gasteiger partial charge in [0.15, 0.2) is 11.6 Å². The smallest absolute Gasteiger partial charge is 0.333 e. The Morgan fingerprint density at radius 2 is 1.70 bits per heavy atom. The van der Waals surface area contributed by atoms with Crippen molar-refractivity contribution in [3.05, 3.63) is 58.4 Å². The summed E-state index contributed by atoms with van der Waals surface area (Å²) < 4.78 is 18.5. The summed E-state index contributed by atoms with van der Waals surface area (Å²) in [4.78, 5) is 35.3. The first-order chi connectivity index (χ1) is 9.47. The molecule has 0 bridgehead atoms. The molecular weight excluding hydrogens is 263 g/mol. The first-order valence-corrected chi connectivity index (χ1v) is 5.82. The van der Waals surface area contributed by atoms with E-state index in [0.717, 1.165) is 6.08 Å². The highest BCUT2D eigenvalue weighted by Gasteiger charge is 2.31. The molecule has 0 aromatic heterocycles. The molecule has 1 aromatic carbocycles. The zero-order valence-electron chi connectivity index (χ0n) is 10.9. The zero-order valence-corrected chi connectivity index (χ0v) is 10.9. The number of fused-ring (bicyclic) bond motifs is 1. The molecule has 0 saturated carbocycles. The van der Waals surface area contributed by atoms with Gasteiger partial charge in [0, 0.05) is 16.7 Å². The lowest BCUT2D eigenvalue weighted by molar-refractivity contribution is -0.136. The van der Waals surface area contributed by atoms with Gasteiger partial charge in [-0.15, -0.1) is 0 Å². The molecule has 5 heteroatoms. The van der Waals surface area contributed by atoms with Crippen LogP contribution in [0.4, 0.5) is 4.39 Å². The Hall–Kier alpha value is -2.56. The summed E-state index contributed by atoms with van der Waals surface area (Å²) in [5.41, 5.74) is -0.222. The van der Waals surface area contributed by atoms with Crippen LogP contribution in [0, 0.1) is 0 Å². The van der Waals surface area contributed by atoms with Crippen molar-refractivity contribution in [2.75, 3.05) is 7.11 Å². The molecule has 0 amide bonds. The summed E-state index contributed by atoms with van der Waals surface area (Å²) in [5.74, 6) is -3.33. The Bertz CT molecular complexity index is 683. The maximum atomic E-state index is 14.0. The number of benzene rings is 1. The van der Waals surface area contributed by atoms with E-state index >= 15 is 0 Å². The Morgan fingerprint density at radius 3 is 2.25 bits per heavy atom. The van der Waals surface area contributed by atoms with Crippen LogP contribution in [0.1, 0.15) is 27.6 Å². The van der Waals surface area contributed by atoms with Crippen molar-refractivity contribution in [1.82, 2.24) is 0 Å². The molecule has 0 unspecified atom stereocenters. The molecule has 0 saturated heterocycles. The summed E-state index contributed by atoms with van der Waals surface area (Å²) in [6, 6.07) is 5.98. The van der Waals surface area contributed by atoms with Gasteiger partial charge in [-0.2, -0.15) is 0 Å². The van der Waals surface area contributed by atoms with Gasteiger partial charge in [-0.3, -0.25) is 9.59 Å². The number of ketones is 2. The van der Waals surface area contributed by atoms with Gasteiger partial charge in [0.1, 0.15) is 0 Å². The number of esters is 1. The number of carbonyl (C=O) groups is 3. The number of rotatable bonds is 2. The second kappa shape index (κ2) is 5.21. The van der Waals surface area contributed by atoms with Crippen molar-refractivity contribution >= 4 is 17.5 Å². The lowest BCUT2D eigenvalue weighted by Gasteiger charge is -2.14. The highest BCUT2D eigenvalue weighted by atomic mass is 19.1. The average molecular weight is 274 g/mol. The van der Waals surface area contributed by atoms with Crippen LogP contribution in [0.25, 0.3) is 0 Å². The summed E-state index contributed by atoms with van der Waals surface area (Å²) in [6.45, 7) is 1.38. The molecule has 102 valence electrons. The third kappa shape index (κ3) is 2.18. The van der Waals surface area contributed by atoms with Gasteiger partial charge < -0.3 is 4.74 Å². The number of methoxy groups -OCH3 is 1. The van der Waals surface area contributed by atoms with E-state index in [0.29, 0.717) is 0 Å². The van der Waals surface area contributed by atoms with Crippen molar-refractivity contribution < 1.29 is 23.5 Å². The minimum atomic E-state index is -1.16. The Morgan fingerprint density at radius 1 is 1.15 bits per heavy atom. The predicted molar refractivity (Wildman–Crippen MR) is 69.0 cm³/mol. The normalized spacial score (nSPS) is 15.2. The standard InChI is InChI=1S/C15H11FO4/c1-8(15(19)20-2)7-11-12(16)14(18)10-6-4-3-5-9(10)13(11)17/h3-7H,1-2H3/b8-7-. The second-order valence-corrected chi connectivity index (χ2v) is 4.25. The van der Waals surface area contributed by atoms with Crippen LogP contribution < -0.4 is 0 Å². The number of hydrogen-bond donors (Lipinski definition) is 0. The zero-order chi connectivity index (χ0) is 14.9. The van der Waals surface area contributed by atoms with Gasteiger partial charge >= 0.3 is 5.97 Å². The predicted octanol–water partition coefficient (Wildman–Crippen LogP) is 2.41. The lowest BCUT2D eigenvalue weighted by Crippen LogP contribution is -2.20. The Kier molecular flexibility index (Phi) is 3.61. The van der Waals surface area contributed by atoms with Crippen molar-refractivity contribution in [3.63, 3.8) is 0 Å². The topological polar surface area (TPSA) is 60.4 Å². The van der Waals surface area contributed by atoms with Crippen LogP contribution in [0.3, 0.4) is 0 Å². The van der Waals surface area contributed by atoms with Gasteiger partial charge in [0.05, 0.1) is 12.7 Å². The molecule has 2 rings (SSSR count). The fourth-order valence-electron chi connectivity index (χ4n) is 1.93. The molecule has 0 fully saturated rings. The summed E-state index contributed by atoms with van der Waals surface area (Å²) in [7, 11) is 1.17. The highest BCUT2D eigenvalue weighted by Crippen LogP contribution is 2.28. The van der Waals surface area contributed by atoms with E-state index in [2.05, 4.69) is 4.74 Å². The molecule has 1 aliphatic carbocycles. The van der Waals surface area contributed by atoms with Crippen molar-refractivity contribution in [1.29, 1.82) is 0 Å². The largest absolute Gasteiger partial charge is 0.466 e. The number of Topliss-reactive ketones (excluding diaryl/α,β-unsaturated/α-hetero) is 2. The third-order valence-electron chi connectivity index (χ3n) is 2.96. The molecule has 0 atom stereocenters. The van der Waals surface area contributed by atoms with E-state index in [4.69, 9.17) is 0 Å². The van der Waals surface area contributed by atoms with Crippen LogP contribution in [-0.2, 0) is 9.53 Å². The van der Waals surface area contributed by atoms with Gasteiger partial charge in [0.25, 0.3) is 0 Å². The van der Waals surface area contributed by atoms with Crippen molar-refractivity contribution in [2.45, 2.75) is 6.92 Å². The molecule has 1 aliphatic rings. The van der Waals surface area contributed by atoms with Gasteiger partial charge in [-0.25, -0.2) is 9.18 Å². The van der Waals surface area contributed by atoms with E-state index in [-0.39, 0.29) is 16.7 Å². The van der Waals surface area contributed by atoms with Crippen LogP contribution in [0.2, 0.25) is 0 Å². The fourth-order valence-corrected chi connectivity index (χ4v) is 1.93. The molecular formula is C15H11FO4. The summed E-state index contributed by atoms with van der Waals surface area (Å²) in [5, 5.41) is 0. The first-order valence-electron chi connectivity index (χ1n) is 5.82. The van der Waals surface area contributed by atoms with E-state index in [1.807, 2.05) is 0 Å². The van der Waals surface area contributed by atoms with E-state index < -0.39 is 28.9 Å². The monoisotopic (exact) mass is 274 g/mol. The number of allylic oxidation sites excluding steroid dienone is 3. The molecule has 0 aliphatic heterocycles. The quantitative estimate of drug-likeness (QED) is 0.613. The maximum Gasteiger partial charge on any atom is 0.333 e. The fraction of sp³-hybridized carbons (Fsp3) is 0.133. The molecule has 0 radical (unpaired) electrons. The Labute approximate surface area is 114 Å². The number of hydrogen-bond acceptors (Lipinski definition) is 4. The van der Waals surface area contributed by atoms with E-state index in [1.165, 1.54) is 26.2 Å². The Balaban J connectivity index is 2.56. The van der Waals surface area contributed by atoms with E-state index in [9.17, 15) is 18.8 Å². The number of carbonyl (C=O) groups excluding carboxylic acids is 3. The molecule has 0 spiro atoms. The molecule has 0 N–H and O–H groups in total. The minimum absolute atomic E-state index is 0.0304. The molecule has 20 heavy (non-hydrogen) atoms. The SMILES string of the molecule is COC(=O)/C(C)=C\C1=C(F)C(=O)c2ccccc2C1=O. The van der Waals surface area contributed by atoms with E-state index in [1.54, 1.807) is 12.1 Å². The molecule has 0 heterocycles. The van der Waals surface area contributed by atoms with Gasteiger partial charge in [-0.05, 0) is 13.0 Å². The van der Waals surface area contributed by atoms with Crippen LogP contribution >= 0.6 is 0 Å². The van der Waals surface area contributed by atoms with Crippen LogP contribution in [0.15, 0.2) is 47.3 Å². The average Bonchev–Trinajstić information content (AvgIpc) is 2.48. The first kappa shape index (κ1) is 13.9. The summed E-state index contributed by atoms with van der Waals surface area (Å²) in [6.07, 6.45) is 1.04. The lowest BCUT2D eigenvalue weighted by atomic mass is 9.88. The maximum absolute atomic E-state index is 14.0. The van der Waals surface area contributed by atoms with Gasteiger partial charge in [0.2, 0.25) is 5.78 Å². The number of halogens is 1. The highest BCUT2D eigenvalue weighted by molar-refractivity contribution is 6.27. The second-order valence-electron chi connectivity index (χ2n) is 4.25.